The van der Waals surface area contributed by atoms with Gasteiger partial charge in [0.2, 0.25) is 0 Å². The molecule has 10 heteroatoms. The van der Waals surface area contributed by atoms with Crippen molar-refractivity contribution in [2.45, 2.75) is 17.9 Å². The van der Waals surface area contributed by atoms with Gasteiger partial charge in [-0.3, -0.25) is 19.3 Å². The molecular formula is C19H15N3O6S. The van der Waals surface area contributed by atoms with Crippen LogP contribution in [0, 0.1) is 0 Å². The second kappa shape index (κ2) is 6.82. The number of sulfonamides is 1. The largest absolute Gasteiger partial charge is 0.442 e. The second-order valence-electron chi connectivity index (χ2n) is 6.43. The molecule has 0 saturated heterocycles. The summed E-state index contributed by atoms with van der Waals surface area (Å²) < 4.78 is 31.6. The van der Waals surface area contributed by atoms with Crippen molar-refractivity contribution in [1.29, 1.82) is 0 Å². The number of carbonyl (C=O) groups is 3. The first-order valence-corrected chi connectivity index (χ1v) is 10.1. The zero-order chi connectivity index (χ0) is 20.8. The van der Waals surface area contributed by atoms with Gasteiger partial charge in [0.25, 0.3) is 21.8 Å². The Hall–Kier alpha value is -3.53. The van der Waals surface area contributed by atoms with Crippen molar-refractivity contribution in [2.75, 3.05) is 6.73 Å². The van der Waals surface area contributed by atoms with Gasteiger partial charge in [-0.05, 0) is 31.2 Å². The molecular weight excluding hydrogens is 398 g/mol. The van der Waals surface area contributed by atoms with E-state index in [1.54, 1.807) is 30.3 Å². The fraction of sp³-hybridized carbons (Fsp3) is 0.158. The lowest BCUT2D eigenvalue weighted by atomic mass is 10.1. The van der Waals surface area contributed by atoms with E-state index in [0.717, 1.165) is 4.90 Å². The smallest absolute Gasteiger partial charge is 0.332 e. The third kappa shape index (κ3) is 3.17. The Balaban J connectivity index is 1.46. The van der Waals surface area contributed by atoms with Crippen molar-refractivity contribution in [1.82, 2.24) is 9.62 Å². The van der Waals surface area contributed by atoms with Gasteiger partial charge >= 0.3 is 5.97 Å². The van der Waals surface area contributed by atoms with E-state index in [1.165, 1.54) is 25.1 Å². The topological polar surface area (TPSA) is 122 Å². The van der Waals surface area contributed by atoms with Crippen LogP contribution in [0.2, 0.25) is 0 Å². The summed E-state index contributed by atoms with van der Waals surface area (Å²) in [5.74, 6) is -1.87. The lowest BCUT2D eigenvalue weighted by Gasteiger charge is -2.15. The molecule has 9 nitrogen and oxygen atoms in total. The number of hydrogen-bond donors (Lipinski definition) is 1. The standard InChI is InChI=1S/C19H15N3O6S/c1-11(20-16-14-8-4-5-9-15(14)29(26,27)21-16)19(25)28-10-22-17(23)12-6-2-3-7-13(12)18(22)24/h2-9,11H,10H2,1H3,(H,20,21)/t11-/m0/s1. The number of esters is 1. The highest BCUT2D eigenvalue weighted by molar-refractivity contribution is 7.90. The number of fused-ring (bicyclic) bond motifs is 2. The van der Waals surface area contributed by atoms with Crippen LogP contribution < -0.4 is 4.72 Å². The second-order valence-corrected chi connectivity index (χ2v) is 8.08. The van der Waals surface area contributed by atoms with Crippen molar-refractivity contribution in [3.05, 3.63) is 65.2 Å². The summed E-state index contributed by atoms with van der Waals surface area (Å²) in [4.78, 5) is 41.9. The van der Waals surface area contributed by atoms with E-state index in [2.05, 4.69) is 9.71 Å². The van der Waals surface area contributed by atoms with Crippen LogP contribution in [0.3, 0.4) is 0 Å². The predicted molar refractivity (Wildman–Crippen MR) is 101 cm³/mol. The van der Waals surface area contributed by atoms with Crippen molar-refractivity contribution in [2.24, 2.45) is 4.99 Å². The number of rotatable bonds is 4. The number of amidine groups is 1. The van der Waals surface area contributed by atoms with Crippen LogP contribution in [0.25, 0.3) is 0 Å². The van der Waals surface area contributed by atoms with E-state index in [-0.39, 0.29) is 21.9 Å². The van der Waals surface area contributed by atoms with Crippen LogP contribution in [0.5, 0.6) is 0 Å². The number of imide groups is 1. The number of ether oxygens (including phenoxy) is 1. The fourth-order valence-electron chi connectivity index (χ4n) is 3.08. The van der Waals surface area contributed by atoms with Gasteiger partial charge in [-0.2, -0.15) is 0 Å². The SMILES string of the molecule is C[C@H](N=C1NS(=O)(=O)c2ccccc21)C(=O)OCN1C(=O)c2ccccc2C1=O. The van der Waals surface area contributed by atoms with Crippen LogP contribution in [0.15, 0.2) is 58.4 Å². The number of benzene rings is 2. The maximum atomic E-state index is 12.3. The number of hydrogen-bond acceptors (Lipinski definition) is 7. The van der Waals surface area contributed by atoms with Gasteiger partial charge in [0, 0.05) is 5.56 Å². The first-order valence-electron chi connectivity index (χ1n) is 8.61. The Labute approximate surface area is 166 Å². The molecule has 0 aromatic heterocycles. The van der Waals surface area contributed by atoms with Gasteiger partial charge in [-0.15, -0.1) is 0 Å². The molecule has 2 aliphatic heterocycles. The number of nitrogens with one attached hydrogen (secondary N) is 1. The molecule has 2 heterocycles. The minimum atomic E-state index is -3.73. The van der Waals surface area contributed by atoms with Gasteiger partial charge in [0.05, 0.1) is 16.0 Å². The van der Waals surface area contributed by atoms with E-state index in [0.29, 0.717) is 5.56 Å². The average Bonchev–Trinajstić information content (AvgIpc) is 3.11. The fourth-order valence-corrected chi connectivity index (χ4v) is 4.32. The molecule has 0 saturated carbocycles. The molecule has 1 N–H and O–H groups in total. The lowest BCUT2D eigenvalue weighted by Crippen LogP contribution is -2.35. The minimum Gasteiger partial charge on any atom is -0.442 e. The van der Waals surface area contributed by atoms with E-state index in [9.17, 15) is 22.8 Å². The maximum absolute atomic E-state index is 12.3. The molecule has 2 amide bonds. The summed E-state index contributed by atoms with van der Waals surface area (Å²) in [6, 6.07) is 11.5. The summed E-state index contributed by atoms with van der Waals surface area (Å²) >= 11 is 0. The predicted octanol–water partition coefficient (Wildman–Crippen LogP) is 0.910. The lowest BCUT2D eigenvalue weighted by molar-refractivity contribution is -0.147. The van der Waals surface area contributed by atoms with Crippen molar-refractivity contribution in [3.8, 4) is 0 Å². The van der Waals surface area contributed by atoms with Crippen molar-refractivity contribution < 1.29 is 27.5 Å². The van der Waals surface area contributed by atoms with E-state index >= 15 is 0 Å². The van der Waals surface area contributed by atoms with Gasteiger partial charge in [0.1, 0.15) is 11.9 Å². The molecule has 0 radical (unpaired) electrons. The summed E-state index contributed by atoms with van der Waals surface area (Å²) in [5, 5.41) is 0. The normalized spacial score (nSPS) is 18.9. The molecule has 0 unspecified atom stereocenters. The van der Waals surface area contributed by atoms with Crippen LogP contribution in [-0.2, 0) is 19.6 Å². The van der Waals surface area contributed by atoms with Crippen LogP contribution in [-0.4, -0.2) is 49.7 Å². The number of carbonyl (C=O) groups excluding carboxylic acids is 3. The Morgan fingerprint density at radius 3 is 2.21 bits per heavy atom. The first kappa shape index (κ1) is 18.8. The monoisotopic (exact) mass is 413 g/mol. The highest BCUT2D eigenvalue weighted by Crippen LogP contribution is 2.24. The molecule has 4 rings (SSSR count). The number of amides is 2. The molecule has 29 heavy (non-hydrogen) atoms. The van der Waals surface area contributed by atoms with Crippen LogP contribution in [0.4, 0.5) is 0 Å². The maximum Gasteiger partial charge on any atom is 0.332 e. The minimum absolute atomic E-state index is 0.0331. The molecule has 2 aromatic rings. The summed E-state index contributed by atoms with van der Waals surface area (Å²) in [6.45, 7) is 0.871. The molecule has 1 atom stereocenters. The molecule has 2 aromatic carbocycles. The highest BCUT2D eigenvalue weighted by atomic mass is 32.2. The summed E-state index contributed by atoms with van der Waals surface area (Å²) in [6.07, 6.45) is 0. The van der Waals surface area contributed by atoms with Gasteiger partial charge in [-0.25, -0.2) is 18.1 Å². The first-order chi connectivity index (χ1) is 13.8. The Morgan fingerprint density at radius 1 is 1.03 bits per heavy atom. The molecule has 0 spiro atoms. The third-order valence-electron chi connectivity index (χ3n) is 4.54. The number of nitrogens with zero attached hydrogens (tertiary/aromatic N) is 2. The van der Waals surface area contributed by atoms with Crippen LogP contribution >= 0.6 is 0 Å². The van der Waals surface area contributed by atoms with Crippen molar-refractivity contribution in [3.63, 3.8) is 0 Å². The molecule has 148 valence electrons. The van der Waals surface area contributed by atoms with Gasteiger partial charge in [-0.1, -0.05) is 24.3 Å². The Bertz CT molecular complexity index is 1150. The summed E-state index contributed by atoms with van der Waals surface area (Å²) in [5.41, 5.74) is 0.852. The quantitative estimate of drug-likeness (QED) is 0.587. The Kier molecular flexibility index (Phi) is 4.42. The van der Waals surface area contributed by atoms with Gasteiger partial charge in [0.15, 0.2) is 6.73 Å². The zero-order valence-electron chi connectivity index (χ0n) is 15.2. The Morgan fingerprint density at radius 2 is 1.59 bits per heavy atom. The van der Waals surface area contributed by atoms with Gasteiger partial charge < -0.3 is 4.74 Å². The molecule has 2 aliphatic rings. The van der Waals surface area contributed by atoms with Crippen LogP contribution in [0.1, 0.15) is 33.2 Å². The third-order valence-corrected chi connectivity index (χ3v) is 5.94. The number of aliphatic imine (C=N–C) groups is 1. The molecule has 0 fully saturated rings. The van der Waals surface area contributed by atoms with E-state index in [1.807, 2.05) is 0 Å². The van der Waals surface area contributed by atoms with Crippen molar-refractivity contribution >= 4 is 33.6 Å². The molecule has 0 bridgehead atoms. The average molecular weight is 413 g/mol. The van der Waals surface area contributed by atoms with E-state index < -0.39 is 40.6 Å². The highest BCUT2D eigenvalue weighted by Gasteiger charge is 2.36. The molecule has 0 aliphatic carbocycles. The summed E-state index contributed by atoms with van der Waals surface area (Å²) in [7, 11) is -3.73. The van der Waals surface area contributed by atoms with E-state index in [4.69, 9.17) is 4.74 Å². The zero-order valence-corrected chi connectivity index (χ0v) is 16.0.